The molecule has 1 heterocycles. The standard InChI is InChI=1S/C13H22N2O4.C4H10.C3H6.2C2H4.V/c1-9(16)10-6-5-7-15(10)11(17)8-14-12(18)19-13(2,3)4;1-4(2)3;1-3-2;2*1-2;/h10H,5-8H2,1-4H3,(H,14,18);4H,1-3H3;3H,1H2,2H3;2*1-2H2;/t10-;;;;;/m0...../s1. The Morgan fingerprint density at radius 2 is 1.52 bits per heavy atom. The molecule has 1 aliphatic rings. The SMILES string of the molecule is C=C.C=C.C=CC.CC(=O)[C@@H]1CCCN1C(=O)CNC(=O)OC(C)(C)C.CC(C)C.[V]. The van der Waals surface area contributed by atoms with Gasteiger partial charge in [-0.25, -0.2) is 4.79 Å². The van der Waals surface area contributed by atoms with Gasteiger partial charge in [-0.2, -0.15) is 0 Å². The zero-order valence-electron chi connectivity index (χ0n) is 21.1. The molecule has 181 valence electrons. The normalized spacial score (nSPS) is 13.6. The number of nitrogens with one attached hydrogen (secondary N) is 1. The van der Waals surface area contributed by atoms with Crippen LogP contribution in [0.1, 0.15) is 68.2 Å². The number of ether oxygens (including phenoxy) is 1. The molecule has 1 saturated heterocycles. The largest absolute Gasteiger partial charge is 0.444 e. The van der Waals surface area contributed by atoms with Crippen molar-refractivity contribution in [1.29, 1.82) is 0 Å². The molecule has 0 bridgehead atoms. The van der Waals surface area contributed by atoms with E-state index in [4.69, 9.17) is 4.74 Å². The van der Waals surface area contributed by atoms with Crippen LogP contribution >= 0.6 is 0 Å². The van der Waals surface area contributed by atoms with E-state index in [9.17, 15) is 14.4 Å². The van der Waals surface area contributed by atoms with E-state index < -0.39 is 11.7 Å². The molecule has 7 heteroatoms. The number of alkyl carbamates (subject to hydrolysis) is 1. The third-order valence-electron chi connectivity index (χ3n) is 2.83. The molecule has 2 amide bonds. The second-order valence-electron chi connectivity index (χ2n) is 7.85. The van der Waals surface area contributed by atoms with E-state index in [0.29, 0.717) is 13.0 Å². The first-order chi connectivity index (χ1) is 13.9. The molecule has 6 nitrogen and oxygen atoms in total. The predicted octanol–water partition coefficient (Wildman–Crippen LogP) is 5.55. The van der Waals surface area contributed by atoms with E-state index in [1.54, 1.807) is 26.8 Å². The van der Waals surface area contributed by atoms with Gasteiger partial charge in [0.25, 0.3) is 0 Å². The Morgan fingerprint density at radius 1 is 1.13 bits per heavy atom. The van der Waals surface area contributed by atoms with Crippen LogP contribution in [0.4, 0.5) is 4.79 Å². The third kappa shape index (κ3) is 28.2. The molecule has 31 heavy (non-hydrogen) atoms. The van der Waals surface area contributed by atoms with Gasteiger partial charge < -0.3 is 15.0 Å². The van der Waals surface area contributed by atoms with Crippen molar-refractivity contribution >= 4 is 17.8 Å². The van der Waals surface area contributed by atoms with Crippen LogP contribution in [0.25, 0.3) is 0 Å². The van der Waals surface area contributed by atoms with Crippen LogP contribution in [-0.2, 0) is 32.9 Å². The van der Waals surface area contributed by atoms with Gasteiger partial charge in [0.2, 0.25) is 5.91 Å². The van der Waals surface area contributed by atoms with Crippen molar-refractivity contribution in [1.82, 2.24) is 10.2 Å². The van der Waals surface area contributed by atoms with Gasteiger partial charge in [0.05, 0.1) is 6.04 Å². The number of ketones is 1. The fourth-order valence-electron chi connectivity index (χ4n) is 2.05. The number of hydrogen-bond acceptors (Lipinski definition) is 4. The number of allylic oxidation sites excluding steroid dienone is 1. The molecular formula is C24H46N2O4V. The number of Topliss-reactive ketones (excluding diaryl/α,β-unsaturated/α-hetero) is 1. The van der Waals surface area contributed by atoms with Crippen molar-refractivity contribution < 1.29 is 37.7 Å². The molecule has 1 N–H and O–H groups in total. The number of carbonyl (C=O) groups is 3. The minimum Gasteiger partial charge on any atom is -0.444 e. The van der Waals surface area contributed by atoms with Gasteiger partial charge in [0.15, 0.2) is 5.78 Å². The smallest absolute Gasteiger partial charge is 0.408 e. The van der Waals surface area contributed by atoms with Crippen LogP contribution in [0.2, 0.25) is 0 Å². The second-order valence-corrected chi connectivity index (χ2v) is 7.85. The number of carbonyl (C=O) groups excluding carboxylic acids is 3. The Kier molecular flexibility index (Phi) is 31.3. The van der Waals surface area contributed by atoms with Crippen LogP contribution < -0.4 is 5.32 Å². The molecule has 0 unspecified atom stereocenters. The summed E-state index contributed by atoms with van der Waals surface area (Å²) in [6, 6.07) is -0.340. The summed E-state index contributed by atoms with van der Waals surface area (Å²) in [7, 11) is 0. The van der Waals surface area contributed by atoms with E-state index in [0.717, 1.165) is 12.3 Å². The fraction of sp³-hybridized carbons (Fsp3) is 0.625. The molecule has 0 spiro atoms. The third-order valence-corrected chi connectivity index (χ3v) is 2.83. The summed E-state index contributed by atoms with van der Waals surface area (Å²) in [5, 5.41) is 2.41. The predicted molar refractivity (Wildman–Crippen MR) is 129 cm³/mol. The maximum Gasteiger partial charge on any atom is 0.408 e. The minimum absolute atomic E-state index is 0. The summed E-state index contributed by atoms with van der Waals surface area (Å²) in [5.74, 6) is 0.576. The topological polar surface area (TPSA) is 75.7 Å². The molecule has 0 saturated carbocycles. The average molecular weight is 478 g/mol. The van der Waals surface area contributed by atoms with Crippen molar-refractivity contribution in [2.24, 2.45) is 5.92 Å². The molecule has 0 aromatic carbocycles. The van der Waals surface area contributed by atoms with Crippen molar-refractivity contribution in [3.8, 4) is 0 Å². The van der Waals surface area contributed by atoms with E-state index in [1.807, 2.05) is 6.92 Å². The second kappa shape index (κ2) is 24.5. The first-order valence-electron chi connectivity index (χ1n) is 10.2. The molecule has 1 atom stereocenters. The Balaban J connectivity index is -0.000000159. The summed E-state index contributed by atoms with van der Waals surface area (Å²) in [4.78, 5) is 36.3. The monoisotopic (exact) mass is 477 g/mol. The summed E-state index contributed by atoms with van der Waals surface area (Å²) in [5.41, 5.74) is -0.595. The number of nitrogens with zero attached hydrogens (tertiary/aromatic N) is 1. The van der Waals surface area contributed by atoms with Gasteiger partial charge >= 0.3 is 6.09 Å². The van der Waals surface area contributed by atoms with Crippen LogP contribution in [0.15, 0.2) is 39.0 Å². The van der Waals surface area contributed by atoms with Gasteiger partial charge in [-0.3, -0.25) is 9.59 Å². The summed E-state index contributed by atoms with van der Waals surface area (Å²) >= 11 is 0. The Morgan fingerprint density at radius 3 is 1.84 bits per heavy atom. The van der Waals surface area contributed by atoms with Crippen LogP contribution in [0.3, 0.4) is 0 Å². The molecule has 1 fully saturated rings. The Hall–Kier alpha value is -1.79. The van der Waals surface area contributed by atoms with Crippen molar-refractivity contribution in [2.45, 2.75) is 79.9 Å². The van der Waals surface area contributed by atoms with E-state index >= 15 is 0 Å². The summed E-state index contributed by atoms with van der Waals surface area (Å²) in [6.45, 7) is 30.9. The number of amides is 2. The van der Waals surface area contributed by atoms with Crippen LogP contribution in [0, 0.1) is 5.92 Å². The molecule has 0 aromatic rings. The van der Waals surface area contributed by atoms with Gasteiger partial charge in [-0.15, -0.1) is 32.9 Å². The molecule has 1 radical (unpaired) electrons. The van der Waals surface area contributed by atoms with Gasteiger partial charge in [-0.1, -0.05) is 26.8 Å². The Labute approximate surface area is 203 Å². The molecule has 0 aromatic heterocycles. The zero-order chi connectivity index (χ0) is 24.9. The fourth-order valence-corrected chi connectivity index (χ4v) is 2.05. The van der Waals surface area contributed by atoms with Gasteiger partial charge in [-0.05, 0) is 53.4 Å². The van der Waals surface area contributed by atoms with Gasteiger partial charge in [0, 0.05) is 25.1 Å². The average Bonchev–Trinajstić information content (AvgIpc) is 3.12. The van der Waals surface area contributed by atoms with Crippen LogP contribution in [-0.4, -0.2) is 47.4 Å². The number of hydrogen-bond donors (Lipinski definition) is 1. The number of likely N-dealkylation sites (tertiary alicyclic amines) is 1. The van der Waals surface area contributed by atoms with Crippen LogP contribution in [0.5, 0.6) is 0 Å². The van der Waals surface area contributed by atoms with Crippen molar-refractivity contribution in [2.75, 3.05) is 13.1 Å². The molecular weight excluding hydrogens is 431 g/mol. The maximum atomic E-state index is 11.9. The molecule has 1 rings (SSSR count). The van der Waals surface area contributed by atoms with Gasteiger partial charge in [0.1, 0.15) is 12.1 Å². The summed E-state index contributed by atoms with van der Waals surface area (Å²) in [6.07, 6.45) is 2.65. The zero-order valence-corrected chi connectivity index (χ0v) is 22.5. The molecule has 0 aliphatic carbocycles. The van der Waals surface area contributed by atoms with E-state index in [2.05, 4.69) is 59.0 Å². The first-order valence-corrected chi connectivity index (χ1v) is 10.2. The number of rotatable bonds is 3. The maximum absolute atomic E-state index is 11.9. The summed E-state index contributed by atoms with van der Waals surface area (Å²) < 4.78 is 5.04. The van der Waals surface area contributed by atoms with E-state index in [-0.39, 0.29) is 42.8 Å². The van der Waals surface area contributed by atoms with Crippen molar-refractivity contribution in [3.63, 3.8) is 0 Å². The van der Waals surface area contributed by atoms with Crippen molar-refractivity contribution in [3.05, 3.63) is 39.0 Å². The first kappa shape index (κ1) is 39.7. The minimum atomic E-state index is -0.626. The van der Waals surface area contributed by atoms with E-state index in [1.165, 1.54) is 11.8 Å². The molecule has 1 aliphatic heterocycles. The quantitative estimate of drug-likeness (QED) is 0.541. The Bertz CT molecular complexity index is 484.